The molecule has 0 aromatic heterocycles. The summed E-state index contributed by atoms with van der Waals surface area (Å²) in [5.74, 6) is 0.273. The van der Waals surface area contributed by atoms with E-state index in [1.165, 1.54) is 12.1 Å². The monoisotopic (exact) mass is 359 g/mol. The highest BCUT2D eigenvalue weighted by Crippen LogP contribution is 2.29. The van der Waals surface area contributed by atoms with Crippen molar-refractivity contribution in [2.24, 2.45) is 0 Å². The fraction of sp³-hybridized carbons (Fsp3) is 0.500. The van der Waals surface area contributed by atoms with Crippen LogP contribution < -0.4 is 4.74 Å². The SMILES string of the molecule is CCOC(=O)CCCCCOc1cc([N+](=O)[O-])ccc1Br. The van der Waals surface area contributed by atoms with E-state index < -0.39 is 4.92 Å². The minimum Gasteiger partial charge on any atom is -0.492 e. The van der Waals surface area contributed by atoms with Crippen molar-refractivity contribution in [3.05, 3.63) is 32.8 Å². The third-order valence-electron chi connectivity index (χ3n) is 2.71. The fourth-order valence-corrected chi connectivity index (χ4v) is 2.04. The first-order chi connectivity index (χ1) is 10.0. The topological polar surface area (TPSA) is 78.7 Å². The number of carbonyl (C=O) groups excluding carboxylic acids is 1. The molecule has 0 atom stereocenters. The number of nitro groups is 1. The first-order valence-corrected chi connectivity index (χ1v) is 7.56. The van der Waals surface area contributed by atoms with Crippen molar-refractivity contribution in [3.63, 3.8) is 0 Å². The molecule has 116 valence electrons. The van der Waals surface area contributed by atoms with E-state index in [0.717, 1.165) is 19.3 Å². The van der Waals surface area contributed by atoms with Crippen molar-refractivity contribution >= 4 is 27.6 Å². The van der Waals surface area contributed by atoms with Crippen molar-refractivity contribution < 1.29 is 19.2 Å². The highest BCUT2D eigenvalue weighted by atomic mass is 79.9. The van der Waals surface area contributed by atoms with Gasteiger partial charge >= 0.3 is 5.97 Å². The van der Waals surface area contributed by atoms with Gasteiger partial charge in [0.1, 0.15) is 5.75 Å². The maximum absolute atomic E-state index is 11.1. The zero-order valence-electron chi connectivity index (χ0n) is 11.8. The third-order valence-corrected chi connectivity index (χ3v) is 3.37. The van der Waals surface area contributed by atoms with Crippen LogP contribution in [-0.4, -0.2) is 24.1 Å². The first-order valence-electron chi connectivity index (χ1n) is 6.77. The Hall–Kier alpha value is -1.63. The van der Waals surface area contributed by atoms with Gasteiger partial charge in [0.15, 0.2) is 0 Å². The number of carbonyl (C=O) groups is 1. The molecule has 0 unspecified atom stereocenters. The summed E-state index contributed by atoms with van der Waals surface area (Å²) in [6.07, 6.45) is 2.77. The van der Waals surface area contributed by atoms with E-state index in [-0.39, 0.29) is 11.7 Å². The normalized spacial score (nSPS) is 10.2. The van der Waals surface area contributed by atoms with Gasteiger partial charge in [-0.2, -0.15) is 0 Å². The maximum atomic E-state index is 11.1. The molecule has 0 saturated heterocycles. The number of hydrogen-bond acceptors (Lipinski definition) is 5. The van der Waals surface area contributed by atoms with E-state index in [1.54, 1.807) is 13.0 Å². The van der Waals surface area contributed by atoms with Crippen molar-refractivity contribution in [2.45, 2.75) is 32.6 Å². The number of unbranched alkanes of at least 4 members (excludes halogenated alkanes) is 2. The largest absolute Gasteiger partial charge is 0.492 e. The van der Waals surface area contributed by atoms with Crippen LogP contribution >= 0.6 is 15.9 Å². The lowest BCUT2D eigenvalue weighted by Crippen LogP contribution is -2.04. The third kappa shape index (κ3) is 6.57. The number of esters is 1. The first kappa shape index (κ1) is 17.4. The predicted molar refractivity (Wildman–Crippen MR) is 81.4 cm³/mol. The summed E-state index contributed by atoms with van der Waals surface area (Å²) >= 11 is 3.29. The van der Waals surface area contributed by atoms with Gasteiger partial charge in [0.25, 0.3) is 5.69 Å². The Morgan fingerprint density at radius 2 is 2.10 bits per heavy atom. The van der Waals surface area contributed by atoms with Crippen LogP contribution in [0, 0.1) is 10.1 Å². The Kier molecular flexibility index (Phi) is 7.74. The molecule has 0 aliphatic rings. The summed E-state index contributed by atoms with van der Waals surface area (Å²) in [4.78, 5) is 21.3. The summed E-state index contributed by atoms with van der Waals surface area (Å²) < 4.78 is 11.0. The number of benzene rings is 1. The summed E-state index contributed by atoms with van der Waals surface area (Å²) in [6, 6.07) is 4.40. The highest BCUT2D eigenvalue weighted by molar-refractivity contribution is 9.10. The Morgan fingerprint density at radius 3 is 2.76 bits per heavy atom. The molecule has 1 aromatic rings. The molecule has 0 amide bonds. The van der Waals surface area contributed by atoms with Gasteiger partial charge in [-0.3, -0.25) is 14.9 Å². The van der Waals surface area contributed by atoms with Crippen LogP contribution in [0.1, 0.15) is 32.6 Å². The zero-order chi connectivity index (χ0) is 15.7. The number of rotatable bonds is 9. The highest BCUT2D eigenvalue weighted by Gasteiger charge is 2.10. The smallest absolute Gasteiger partial charge is 0.305 e. The van der Waals surface area contributed by atoms with Crippen molar-refractivity contribution in [1.82, 2.24) is 0 Å². The summed E-state index contributed by atoms with van der Waals surface area (Å²) in [5.41, 5.74) is -0.00416. The van der Waals surface area contributed by atoms with Crippen LogP contribution in [-0.2, 0) is 9.53 Å². The maximum Gasteiger partial charge on any atom is 0.305 e. The molecule has 0 aliphatic carbocycles. The second-order valence-electron chi connectivity index (χ2n) is 4.34. The van der Waals surface area contributed by atoms with Crippen LogP contribution in [0.4, 0.5) is 5.69 Å². The van der Waals surface area contributed by atoms with Crippen molar-refractivity contribution in [1.29, 1.82) is 0 Å². The van der Waals surface area contributed by atoms with Gasteiger partial charge in [0.2, 0.25) is 0 Å². The molecule has 0 spiro atoms. The van der Waals surface area contributed by atoms with Gasteiger partial charge in [0, 0.05) is 12.5 Å². The van der Waals surface area contributed by atoms with E-state index in [2.05, 4.69) is 15.9 Å². The molecule has 0 N–H and O–H groups in total. The number of hydrogen-bond donors (Lipinski definition) is 0. The quantitative estimate of drug-likeness (QED) is 0.289. The average Bonchev–Trinajstić information content (AvgIpc) is 2.44. The summed E-state index contributed by atoms with van der Waals surface area (Å²) in [7, 11) is 0. The Bertz CT molecular complexity index is 492. The molecule has 6 nitrogen and oxygen atoms in total. The molecular weight excluding hydrogens is 342 g/mol. The lowest BCUT2D eigenvalue weighted by atomic mass is 10.2. The molecule has 21 heavy (non-hydrogen) atoms. The Balaban J connectivity index is 2.28. The lowest BCUT2D eigenvalue weighted by Gasteiger charge is -2.08. The van der Waals surface area contributed by atoms with Gasteiger partial charge in [0.05, 0.1) is 28.7 Å². The molecule has 0 saturated carbocycles. The van der Waals surface area contributed by atoms with Crippen LogP contribution in [0.3, 0.4) is 0 Å². The molecule has 1 rings (SSSR count). The summed E-state index contributed by atoms with van der Waals surface area (Å²) in [5, 5.41) is 10.7. The molecule has 0 heterocycles. The molecule has 1 aromatic carbocycles. The molecule has 0 fully saturated rings. The van der Waals surface area contributed by atoms with Crippen LogP contribution in [0.15, 0.2) is 22.7 Å². The van der Waals surface area contributed by atoms with Crippen molar-refractivity contribution in [3.8, 4) is 5.75 Å². The number of nitro benzene ring substituents is 1. The second kappa shape index (κ2) is 9.33. The standard InChI is InChI=1S/C14H18BrNO5/c1-2-20-14(17)6-4-3-5-9-21-13-10-11(16(18)19)7-8-12(13)15/h7-8,10H,2-6,9H2,1H3. The van der Waals surface area contributed by atoms with Gasteiger partial charge in [-0.05, 0) is 48.2 Å². The number of non-ortho nitro benzene ring substituents is 1. The number of halogens is 1. The predicted octanol–water partition coefficient (Wildman–Crippen LogP) is 3.86. The van der Waals surface area contributed by atoms with Gasteiger partial charge in [-0.25, -0.2) is 0 Å². The van der Waals surface area contributed by atoms with Gasteiger partial charge in [-0.15, -0.1) is 0 Å². The number of nitrogens with zero attached hydrogens (tertiary/aromatic N) is 1. The van der Waals surface area contributed by atoms with E-state index in [9.17, 15) is 14.9 Å². The van der Waals surface area contributed by atoms with Crippen molar-refractivity contribution in [2.75, 3.05) is 13.2 Å². The van der Waals surface area contributed by atoms with Crippen LogP contribution in [0.5, 0.6) is 5.75 Å². The summed E-state index contributed by atoms with van der Waals surface area (Å²) in [6.45, 7) is 2.63. The molecule has 0 radical (unpaired) electrons. The van der Waals surface area contributed by atoms with Crippen LogP contribution in [0.25, 0.3) is 0 Å². The van der Waals surface area contributed by atoms with Gasteiger partial charge < -0.3 is 9.47 Å². The Labute approximate surface area is 131 Å². The van der Waals surface area contributed by atoms with E-state index in [1.807, 2.05) is 0 Å². The molecular formula is C14H18BrNO5. The molecule has 7 heteroatoms. The minimum atomic E-state index is -0.460. The average molecular weight is 360 g/mol. The zero-order valence-corrected chi connectivity index (χ0v) is 13.4. The lowest BCUT2D eigenvalue weighted by molar-refractivity contribution is -0.385. The van der Waals surface area contributed by atoms with E-state index >= 15 is 0 Å². The van der Waals surface area contributed by atoms with E-state index in [0.29, 0.717) is 29.9 Å². The molecule has 0 aliphatic heterocycles. The molecule has 0 bridgehead atoms. The fourth-order valence-electron chi connectivity index (χ4n) is 1.68. The minimum absolute atomic E-state index is 0.00416. The van der Waals surface area contributed by atoms with E-state index in [4.69, 9.17) is 9.47 Å². The van der Waals surface area contributed by atoms with Gasteiger partial charge in [-0.1, -0.05) is 0 Å². The van der Waals surface area contributed by atoms with Crippen LogP contribution in [0.2, 0.25) is 0 Å². The second-order valence-corrected chi connectivity index (χ2v) is 5.19. The Morgan fingerprint density at radius 1 is 1.33 bits per heavy atom. The number of ether oxygens (including phenoxy) is 2.